The van der Waals surface area contributed by atoms with Gasteiger partial charge in [0.25, 0.3) is 0 Å². The van der Waals surface area contributed by atoms with Gasteiger partial charge >= 0.3 is 0 Å². The Morgan fingerprint density at radius 1 is 1.12 bits per heavy atom. The van der Waals surface area contributed by atoms with Crippen LogP contribution < -0.4 is 15.4 Å². The minimum absolute atomic E-state index is 0.0343. The van der Waals surface area contributed by atoms with Crippen LogP contribution in [-0.4, -0.2) is 19.1 Å². The lowest BCUT2D eigenvalue weighted by Crippen LogP contribution is -2.33. The molecule has 0 aliphatic heterocycles. The van der Waals surface area contributed by atoms with E-state index in [-0.39, 0.29) is 30.2 Å². The molecule has 0 fully saturated rings. The maximum absolute atomic E-state index is 13.1. The molecule has 0 saturated heterocycles. The summed E-state index contributed by atoms with van der Waals surface area (Å²) in [6.45, 7) is 6.92. The van der Waals surface area contributed by atoms with Crippen LogP contribution in [0.5, 0.6) is 5.75 Å². The van der Waals surface area contributed by atoms with Crippen LogP contribution in [-0.2, 0) is 4.79 Å². The first-order chi connectivity index (χ1) is 12.5. The van der Waals surface area contributed by atoms with Crippen molar-refractivity contribution in [3.05, 3.63) is 59.9 Å². The number of ether oxygens (including phenoxy) is 1. The summed E-state index contributed by atoms with van der Waals surface area (Å²) in [4.78, 5) is 12.4. The van der Waals surface area contributed by atoms with Crippen molar-refractivity contribution in [3.8, 4) is 5.75 Å². The molecule has 2 rings (SSSR count). The summed E-state index contributed by atoms with van der Waals surface area (Å²) < 4.78 is 18.8. The van der Waals surface area contributed by atoms with E-state index in [4.69, 9.17) is 4.74 Å². The summed E-state index contributed by atoms with van der Waals surface area (Å²) in [7, 11) is 0. The highest BCUT2D eigenvalue weighted by atomic mass is 19.1. The molecule has 0 radical (unpaired) electrons. The molecule has 2 aromatic rings. The number of anilines is 1. The van der Waals surface area contributed by atoms with Crippen LogP contribution in [0.2, 0.25) is 0 Å². The second-order valence-electron chi connectivity index (χ2n) is 6.55. The third-order valence-corrected chi connectivity index (χ3v) is 4.00. The van der Waals surface area contributed by atoms with E-state index in [2.05, 4.69) is 24.5 Å². The predicted octanol–water partition coefficient (Wildman–Crippen LogP) is 4.54. The fourth-order valence-corrected chi connectivity index (χ4v) is 2.71. The molecule has 2 aromatic carbocycles. The van der Waals surface area contributed by atoms with Crippen LogP contribution in [0.25, 0.3) is 0 Å². The largest absolute Gasteiger partial charge is 0.491 e. The minimum Gasteiger partial charge on any atom is -0.491 e. The molecule has 26 heavy (non-hydrogen) atoms. The highest BCUT2D eigenvalue weighted by Crippen LogP contribution is 2.24. The third-order valence-electron chi connectivity index (χ3n) is 4.00. The predicted molar refractivity (Wildman–Crippen MR) is 103 cm³/mol. The molecule has 0 spiro atoms. The zero-order chi connectivity index (χ0) is 18.9. The van der Waals surface area contributed by atoms with Gasteiger partial charge in [-0.3, -0.25) is 4.79 Å². The molecule has 0 heterocycles. The number of rotatable bonds is 9. The van der Waals surface area contributed by atoms with E-state index in [0.717, 1.165) is 12.0 Å². The van der Waals surface area contributed by atoms with Crippen molar-refractivity contribution in [1.82, 2.24) is 5.32 Å². The van der Waals surface area contributed by atoms with Crippen LogP contribution in [0, 0.1) is 11.7 Å². The number of carbonyl (C=O) groups excluding carboxylic acids is 1. The van der Waals surface area contributed by atoms with Crippen LogP contribution >= 0.6 is 0 Å². The van der Waals surface area contributed by atoms with Gasteiger partial charge in [0, 0.05) is 6.04 Å². The van der Waals surface area contributed by atoms with Gasteiger partial charge < -0.3 is 15.4 Å². The van der Waals surface area contributed by atoms with Crippen LogP contribution in [0.15, 0.2) is 48.5 Å². The first-order valence-electron chi connectivity index (χ1n) is 9.01. The molecular weight excluding hydrogens is 331 g/mol. The smallest absolute Gasteiger partial charge is 0.238 e. The Balaban J connectivity index is 1.97. The standard InChI is InChI=1S/C21H27FN2O2/c1-4-13-26-19-8-6-5-7-18(19)24-20(25)14-23-21(15(2)3)16-9-11-17(22)12-10-16/h5-12,15,21,23H,4,13-14H2,1-3H3,(H,24,25). The third kappa shape index (κ3) is 5.85. The van der Waals surface area contributed by atoms with Crippen molar-refractivity contribution in [2.24, 2.45) is 5.92 Å². The number of halogens is 1. The van der Waals surface area contributed by atoms with E-state index in [1.807, 2.05) is 31.2 Å². The van der Waals surface area contributed by atoms with E-state index in [1.165, 1.54) is 12.1 Å². The van der Waals surface area contributed by atoms with Crippen LogP contribution in [0.1, 0.15) is 38.8 Å². The number of hydrogen-bond acceptors (Lipinski definition) is 3. The van der Waals surface area contributed by atoms with Crippen molar-refractivity contribution in [3.63, 3.8) is 0 Å². The molecule has 0 aliphatic rings. The fourth-order valence-electron chi connectivity index (χ4n) is 2.71. The maximum atomic E-state index is 13.1. The van der Waals surface area contributed by atoms with Crippen LogP contribution in [0.4, 0.5) is 10.1 Å². The van der Waals surface area contributed by atoms with E-state index < -0.39 is 0 Å². The SMILES string of the molecule is CCCOc1ccccc1NC(=O)CNC(c1ccc(F)cc1)C(C)C. The summed E-state index contributed by atoms with van der Waals surface area (Å²) >= 11 is 0. The molecule has 5 heteroatoms. The Bertz CT molecular complexity index is 701. The highest BCUT2D eigenvalue weighted by molar-refractivity contribution is 5.93. The molecule has 2 N–H and O–H groups in total. The lowest BCUT2D eigenvalue weighted by atomic mass is 9.96. The van der Waals surface area contributed by atoms with E-state index in [1.54, 1.807) is 12.1 Å². The van der Waals surface area contributed by atoms with Gasteiger partial charge in [-0.2, -0.15) is 0 Å². The molecule has 4 nitrogen and oxygen atoms in total. The van der Waals surface area contributed by atoms with Crippen molar-refractivity contribution in [1.29, 1.82) is 0 Å². The lowest BCUT2D eigenvalue weighted by molar-refractivity contribution is -0.115. The summed E-state index contributed by atoms with van der Waals surface area (Å²) in [5.41, 5.74) is 1.62. The molecule has 140 valence electrons. The van der Waals surface area contributed by atoms with Gasteiger partial charge in [-0.15, -0.1) is 0 Å². The Morgan fingerprint density at radius 2 is 1.81 bits per heavy atom. The van der Waals surface area contributed by atoms with E-state index in [9.17, 15) is 9.18 Å². The number of amides is 1. The zero-order valence-electron chi connectivity index (χ0n) is 15.6. The maximum Gasteiger partial charge on any atom is 0.238 e. The van der Waals surface area contributed by atoms with Gasteiger partial charge in [0.2, 0.25) is 5.91 Å². The topological polar surface area (TPSA) is 50.4 Å². The normalized spacial score (nSPS) is 12.0. The summed E-state index contributed by atoms with van der Waals surface area (Å²) in [5.74, 6) is 0.512. The molecule has 0 saturated carbocycles. The summed E-state index contributed by atoms with van der Waals surface area (Å²) in [6, 6.07) is 13.7. The average Bonchev–Trinajstić information content (AvgIpc) is 2.62. The first-order valence-corrected chi connectivity index (χ1v) is 9.01. The molecule has 0 aliphatic carbocycles. The van der Waals surface area contributed by atoms with Crippen molar-refractivity contribution < 1.29 is 13.9 Å². The molecule has 1 atom stereocenters. The van der Waals surface area contributed by atoms with Gasteiger partial charge in [-0.1, -0.05) is 45.0 Å². The average molecular weight is 358 g/mol. The Hall–Kier alpha value is -2.40. The summed E-state index contributed by atoms with van der Waals surface area (Å²) in [5, 5.41) is 6.15. The highest BCUT2D eigenvalue weighted by Gasteiger charge is 2.17. The monoisotopic (exact) mass is 358 g/mol. The minimum atomic E-state index is -0.266. The number of carbonyl (C=O) groups is 1. The van der Waals surface area contributed by atoms with Gasteiger partial charge in [0.05, 0.1) is 18.8 Å². The molecule has 0 bridgehead atoms. The second-order valence-corrected chi connectivity index (χ2v) is 6.55. The van der Waals surface area contributed by atoms with Gasteiger partial charge in [-0.25, -0.2) is 4.39 Å². The number of para-hydroxylation sites is 2. The summed E-state index contributed by atoms with van der Waals surface area (Å²) in [6.07, 6.45) is 0.900. The number of benzene rings is 2. The molecular formula is C21H27FN2O2. The molecule has 1 amide bonds. The van der Waals surface area contributed by atoms with Crippen LogP contribution in [0.3, 0.4) is 0 Å². The second kappa shape index (κ2) is 9.92. The quantitative estimate of drug-likeness (QED) is 0.692. The molecule has 0 aromatic heterocycles. The van der Waals surface area contributed by atoms with Crippen molar-refractivity contribution >= 4 is 11.6 Å². The van der Waals surface area contributed by atoms with Gasteiger partial charge in [-0.05, 0) is 42.2 Å². The molecule has 1 unspecified atom stereocenters. The lowest BCUT2D eigenvalue weighted by Gasteiger charge is -2.23. The van der Waals surface area contributed by atoms with Crippen molar-refractivity contribution in [2.45, 2.75) is 33.2 Å². The first kappa shape index (κ1) is 19.9. The van der Waals surface area contributed by atoms with E-state index >= 15 is 0 Å². The number of nitrogens with one attached hydrogen (secondary N) is 2. The Labute approximate surface area is 154 Å². The van der Waals surface area contributed by atoms with Gasteiger partial charge in [0.15, 0.2) is 0 Å². The number of hydrogen-bond donors (Lipinski definition) is 2. The fraction of sp³-hybridized carbons (Fsp3) is 0.381. The zero-order valence-corrected chi connectivity index (χ0v) is 15.6. The van der Waals surface area contributed by atoms with E-state index in [0.29, 0.717) is 18.0 Å². The van der Waals surface area contributed by atoms with Crippen molar-refractivity contribution in [2.75, 3.05) is 18.5 Å². The Morgan fingerprint density at radius 3 is 2.46 bits per heavy atom. The van der Waals surface area contributed by atoms with Gasteiger partial charge in [0.1, 0.15) is 11.6 Å². The Kier molecular flexibility index (Phi) is 7.60.